The SMILES string of the molecule is O=C(NNC(=O)c1cnn(-c2ccc(F)cc2)c1-n1cccc1)c1ccccn1. The molecule has 2 N–H and O–H groups in total. The lowest BCUT2D eigenvalue weighted by Gasteiger charge is -2.11. The largest absolute Gasteiger partial charge is 0.308 e. The van der Waals surface area contributed by atoms with Crippen LogP contribution in [0.15, 0.2) is 79.4 Å². The second-order valence-corrected chi connectivity index (χ2v) is 5.98. The predicted octanol–water partition coefficient (Wildman–Crippen LogP) is 2.27. The molecule has 3 aromatic heterocycles. The summed E-state index contributed by atoms with van der Waals surface area (Å²) < 4.78 is 16.5. The van der Waals surface area contributed by atoms with Gasteiger partial charge in [-0.1, -0.05) is 6.07 Å². The Morgan fingerprint density at radius 2 is 1.62 bits per heavy atom. The highest BCUT2D eigenvalue weighted by Gasteiger charge is 2.20. The number of nitrogens with one attached hydrogen (secondary N) is 2. The van der Waals surface area contributed by atoms with E-state index in [0.29, 0.717) is 11.5 Å². The molecule has 2 amide bonds. The number of carbonyl (C=O) groups is 2. The minimum Gasteiger partial charge on any atom is -0.308 e. The number of benzene rings is 1. The van der Waals surface area contributed by atoms with Crippen LogP contribution in [-0.4, -0.2) is 31.1 Å². The van der Waals surface area contributed by atoms with Crippen molar-refractivity contribution in [1.29, 1.82) is 0 Å². The summed E-state index contributed by atoms with van der Waals surface area (Å²) in [5.41, 5.74) is 5.66. The van der Waals surface area contributed by atoms with Gasteiger partial charge in [-0.3, -0.25) is 25.4 Å². The zero-order valence-electron chi connectivity index (χ0n) is 15.0. The lowest BCUT2D eigenvalue weighted by atomic mass is 10.3. The number of carbonyl (C=O) groups excluding carboxylic acids is 2. The number of aromatic nitrogens is 4. The number of nitrogens with zero attached hydrogens (tertiary/aromatic N) is 4. The Morgan fingerprint density at radius 3 is 2.31 bits per heavy atom. The van der Waals surface area contributed by atoms with E-state index in [9.17, 15) is 14.0 Å². The Kier molecular flexibility index (Phi) is 4.85. The average Bonchev–Trinajstić information content (AvgIpc) is 3.42. The van der Waals surface area contributed by atoms with Gasteiger partial charge in [-0.2, -0.15) is 5.10 Å². The van der Waals surface area contributed by atoms with Crippen LogP contribution < -0.4 is 10.9 Å². The van der Waals surface area contributed by atoms with Crippen LogP contribution in [0.5, 0.6) is 0 Å². The second-order valence-electron chi connectivity index (χ2n) is 5.98. The monoisotopic (exact) mass is 390 g/mol. The molecule has 1 aromatic carbocycles. The molecule has 0 spiro atoms. The van der Waals surface area contributed by atoms with Crippen molar-refractivity contribution in [2.24, 2.45) is 0 Å². The van der Waals surface area contributed by atoms with Crippen LogP contribution in [0.3, 0.4) is 0 Å². The summed E-state index contributed by atoms with van der Waals surface area (Å²) in [4.78, 5) is 28.7. The van der Waals surface area contributed by atoms with E-state index >= 15 is 0 Å². The fourth-order valence-corrected chi connectivity index (χ4v) is 2.74. The van der Waals surface area contributed by atoms with Crippen LogP contribution in [0.4, 0.5) is 4.39 Å². The van der Waals surface area contributed by atoms with Crippen molar-refractivity contribution in [1.82, 2.24) is 30.2 Å². The molecular formula is C20H15FN6O2. The Morgan fingerprint density at radius 1 is 0.897 bits per heavy atom. The van der Waals surface area contributed by atoms with Gasteiger partial charge in [0.2, 0.25) is 0 Å². The first kappa shape index (κ1) is 18.1. The molecule has 8 nitrogen and oxygen atoms in total. The number of pyridine rings is 1. The maximum absolute atomic E-state index is 13.3. The zero-order chi connectivity index (χ0) is 20.2. The van der Waals surface area contributed by atoms with Crippen LogP contribution in [0.25, 0.3) is 11.5 Å². The highest BCUT2D eigenvalue weighted by molar-refractivity contribution is 6.00. The zero-order valence-corrected chi connectivity index (χ0v) is 15.0. The van der Waals surface area contributed by atoms with E-state index in [2.05, 4.69) is 20.9 Å². The number of hydrogen-bond donors (Lipinski definition) is 2. The van der Waals surface area contributed by atoms with Gasteiger partial charge in [-0.05, 0) is 48.5 Å². The van der Waals surface area contributed by atoms with Gasteiger partial charge in [0.25, 0.3) is 11.8 Å². The Labute approximate surface area is 164 Å². The Balaban J connectivity index is 1.62. The van der Waals surface area contributed by atoms with Gasteiger partial charge in [-0.15, -0.1) is 0 Å². The molecule has 0 unspecified atom stereocenters. The summed E-state index contributed by atoms with van der Waals surface area (Å²) in [7, 11) is 0. The minimum absolute atomic E-state index is 0.167. The number of rotatable bonds is 4. The van der Waals surface area contributed by atoms with Crippen LogP contribution in [0.2, 0.25) is 0 Å². The highest BCUT2D eigenvalue weighted by Crippen LogP contribution is 2.20. The quantitative estimate of drug-likeness (QED) is 0.523. The summed E-state index contributed by atoms with van der Waals surface area (Å²) in [5.74, 6) is -1.05. The maximum Gasteiger partial charge on any atom is 0.288 e. The summed E-state index contributed by atoms with van der Waals surface area (Å²) in [6.07, 6.45) is 6.36. The van der Waals surface area contributed by atoms with E-state index in [4.69, 9.17) is 0 Å². The first-order chi connectivity index (χ1) is 14.1. The normalized spacial score (nSPS) is 10.5. The van der Waals surface area contributed by atoms with Crippen LogP contribution in [0.1, 0.15) is 20.8 Å². The first-order valence-electron chi connectivity index (χ1n) is 8.62. The molecule has 0 aliphatic heterocycles. The molecule has 144 valence electrons. The third kappa shape index (κ3) is 3.74. The first-order valence-corrected chi connectivity index (χ1v) is 8.62. The molecule has 3 heterocycles. The number of hydrazine groups is 1. The average molecular weight is 390 g/mol. The van der Waals surface area contributed by atoms with E-state index in [1.54, 1.807) is 53.4 Å². The standard InChI is InChI=1S/C20H15FN6O2/c21-14-6-8-15(9-7-14)27-20(26-11-3-4-12-26)16(13-23-27)18(28)24-25-19(29)17-5-1-2-10-22-17/h1-13H,(H,24,28)(H,25,29). The molecule has 29 heavy (non-hydrogen) atoms. The topological polar surface area (TPSA) is 93.8 Å². The van der Waals surface area contributed by atoms with E-state index in [0.717, 1.165) is 0 Å². The lowest BCUT2D eigenvalue weighted by Crippen LogP contribution is -2.42. The van der Waals surface area contributed by atoms with E-state index in [1.807, 2.05) is 0 Å². The second kappa shape index (κ2) is 7.77. The minimum atomic E-state index is -0.564. The smallest absolute Gasteiger partial charge is 0.288 e. The van der Waals surface area contributed by atoms with Crippen molar-refractivity contribution in [3.05, 3.63) is 96.5 Å². The molecule has 0 fully saturated rings. The van der Waals surface area contributed by atoms with Crippen molar-refractivity contribution in [3.8, 4) is 11.5 Å². The molecule has 0 radical (unpaired) electrons. The summed E-state index contributed by atoms with van der Waals surface area (Å²) >= 11 is 0. The molecule has 0 aliphatic carbocycles. The molecule has 9 heteroatoms. The Hall–Kier alpha value is -4.27. The summed E-state index contributed by atoms with van der Waals surface area (Å²) in [5, 5.41) is 4.27. The van der Waals surface area contributed by atoms with Crippen molar-refractivity contribution in [2.75, 3.05) is 0 Å². The highest BCUT2D eigenvalue weighted by atomic mass is 19.1. The fraction of sp³-hybridized carbons (Fsp3) is 0. The van der Waals surface area contributed by atoms with Crippen molar-refractivity contribution < 1.29 is 14.0 Å². The van der Waals surface area contributed by atoms with E-state index in [-0.39, 0.29) is 17.1 Å². The van der Waals surface area contributed by atoms with E-state index in [1.165, 1.54) is 35.3 Å². The maximum atomic E-state index is 13.3. The van der Waals surface area contributed by atoms with Crippen LogP contribution in [-0.2, 0) is 0 Å². The molecule has 0 bridgehead atoms. The van der Waals surface area contributed by atoms with Gasteiger partial charge in [0.15, 0.2) is 5.82 Å². The van der Waals surface area contributed by atoms with Crippen molar-refractivity contribution >= 4 is 11.8 Å². The number of hydrogen-bond acceptors (Lipinski definition) is 4. The fourth-order valence-electron chi connectivity index (χ4n) is 2.74. The van der Waals surface area contributed by atoms with Gasteiger partial charge in [0, 0.05) is 18.6 Å². The molecule has 0 saturated heterocycles. The van der Waals surface area contributed by atoms with Crippen LogP contribution in [0, 0.1) is 5.82 Å². The van der Waals surface area contributed by atoms with Gasteiger partial charge in [0.1, 0.15) is 17.1 Å². The third-order valence-electron chi connectivity index (χ3n) is 4.10. The summed E-state index contributed by atoms with van der Waals surface area (Å²) in [6.45, 7) is 0. The molecule has 0 aliphatic rings. The van der Waals surface area contributed by atoms with Gasteiger partial charge >= 0.3 is 0 Å². The van der Waals surface area contributed by atoms with Crippen molar-refractivity contribution in [3.63, 3.8) is 0 Å². The molecule has 4 rings (SSSR count). The van der Waals surface area contributed by atoms with E-state index < -0.39 is 11.8 Å². The number of amides is 2. The lowest BCUT2D eigenvalue weighted by molar-refractivity contribution is 0.0844. The van der Waals surface area contributed by atoms with Crippen molar-refractivity contribution in [2.45, 2.75) is 0 Å². The molecular weight excluding hydrogens is 375 g/mol. The molecule has 0 atom stereocenters. The third-order valence-corrected chi connectivity index (χ3v) is 4.10. The molecule has 4 aromatic rings. The Bertz CT molecular complexity index is 1140. The van der Waals surface area contributed by atoms with Crippen LogP contribution >= 0.6 is 0 Å². The van der Waals surface area contributed by atoms with Gasteiger partial charge in [-0.25, -0.2) is 9.07 Å². The van der Waals surface area contributed by atoms with Gasteiger partial charge < -0.3 is 4.57 Å². The molecule has 0 saturated carbocycles. The summed E-state index contributed by atoms with van der Waals surface area (Å²) in [6, 6.07) is 14.2. The predicted molar refractivity (Wildman–Crippen MR) is 102 cm³/mol. The van der Waals surface area contributed by atoms with Gasteiger partial charge in [0.05, 0.1) is 11.9 Å². The number of halogens is 1.